The number of aromatic nitrogens is 4. The highest BCUT2D eigenvalue weighted by Crippen LogP contribution is 2.32. The van der Waals surface area contributed by atoms with Crippen LogP contribution in [0.1, 0.15) is 17.5 Å². The largest absolute Gasteiger partial charge is 0.390 e. The molecule has 13 heteroatoms. The van der Waals surface area contributed by atoms with Crippen LogP contribution in [0.25, 0.3) is 11.2 Å². The number of hydrogen-bond donors (Lipinski definition) is 3. The number of anilines is 1. The minimum absolute atomic E-state index is 0.228. The molecular formula is C15H18N6O5S2. The Morgan fingerprint density at radius 1 is 1.43 bits per heavy atom. The minimum Gasteiger partial charge on any atom is -0.390 e. The lowest BCUT2D eigenvalue weighted by molar-refractivity contribution is -0.0371. The molecule has 150 valence electrons. The average Bonchev–Trinajstić information content (AvgIpc) is 3.37. The zero-order valence-corrected chi connectivity index (χ0v) is 16.1. The molecule has 1 fully saturated rings. The molecule has 0 aliphatic carbocycles. The van der Waals surface area contributed by atoms with E-state index in [1.54, 1.807) is 22.2 Å². The van der Waals surface area contributed by atoms with Crippen LogP contribution in [-0.2, 0) is 25.8 Å². The normalized spacial score (nSPS) is 22.7. The van der Waals surface area contributed by atoms with Gasteiger partial charge in [0.25, 0.3) is 0 Å². The van der Waals surface area contributed by atoms with Crippen molar-refractivity contribution in [2.24, 2.45) is 5.14 Å². The Hall–Kier alpha value is -2.16. The Labute approximate surface area is 164 Å². The Kier molecular flexibility index (Phi) is 5.27. The number of imidazole rings is 1. The van der Waals surface area contributed by atoms with Crippen molar-refractivity contribution in [3.8, 4) is 0 Å². The first-order valence-electron chi connectivity index (χ1n) is 8.35. The van der Waals surface area contributed by atoms with Crippen LogP contribution in [0.5, 0.6) is 0 Å². The first kappa shape index (κ1) is 19.2. The topological polar surface area (TPSA) is 154 Å². The number of ether oxygens (including phenoxy) is 1. The second-order valence-electron chi connectivity index (χ2n) is 6.19. The number of fused-ring (bicyclic) bond motifs is 1. The molecule has 0 spiro atoms. The number of nitrogens with one attached hydrogen (secondary N) is 1. The summed E-state index contributed by atoms with van der Waals surface area (Å²) in [5.74, 6) is 0.588. The van der Waals surface area contributed by atoms with Gasteiger partial charge in [0, 0.05) is 11.3 Å². The van der Waals surface area contributed by atoms with Crippen molar-refractivity contribution in [3.63, 3.8) is 0 Å². The average molecular weight is 426 g/mol. The van der Waals surface area contributed by atoms with Gasteiger partial charge in [-0.05, 0) is 11.4 Å². The summed E-state index contributed by atoms with van der Waals surface area (Å²) >= 11 is 1.64. The molecule has 1 saturated heterocycles. The molecule has 0 bridgehead atoms. The molecule has 3 unspecified atom stereocenters. The fourth-order valence-electron chi connectivity index (χ4n) is 2.97. The molecule has 28 heavy (non-hydrogen) atoms. The van der Waals surface area contributed by atoms with Crippen LogP contribution in [0.4, 0.5) is 5.82 Å². The van der Waals surface area contributed by atoms with E-state index in [0.29, 0.717) is 23.5 Å². The second-order valence-corrected chi connectivity index (χ2v) is 8.44. The molecule has 1 aliphatic heterocycles. The van der Waals surface area contributed by atoms with Gasteiger partial charge in [0.05, 0.1) is 25.6 Å². The second kappa shape index (κ2) is 7.69. The SMILES string of the molecule is NS(=O)(=O)OCC1OC(n2cnc3c(NCc4cccs4)ncnc32)CC1O. The molecule has 3 aromatic rings. The predicted octanol–water partition coefficient (Wildman–Crippen LogP) is 0.368. The molecule has 0 saturated carbocycles. The lowest BCUT2D eigenvalue weighted by Gasteiger charge is -2.15. The van der Waals surface area contributed by atoms with Crippen LogP contribution < -0.4 is 10.5 Å². The maximum atomic E-state index is 10.9. The number of hydrogen-bond acceptors (Lipinski definition) is 10. The molecule has 0 amide bonds. The summed E-state index contributed by atoms with van der Waals surface area (Å²) in [5.41, 5.74) is 1.11. The van der Waals surface area contributed by atoms with Crippen LogP contribution in [0.3, 0.4) is 0 Å². The molecule has 3 atom stereocenters. The Bertz CT molecular complexity index is 1050. The highest BCUT2D eigenvalue weighted by Gasteiger charge is 2.36. The zero-order valence-electron chi connectivity index (χ0n) is 14.5. The Balaban J connectivity index is 1.51. The Morgan fingerprint density at radius 2 is 2.29 bits per heavy atom. The van der Waals surface area contributed by atoms with Crippen LogP contribution in [-0.4, -0.2) is 51.9 Å². The van der Waals surface area contributed by atoms with Crippen LogP contribution in [0.2, 0.25) is 0 Å². The quantitative estimate of drug-likeness (QED) is 0.486. The fraction of sp³-hybridized carbons (Fsp3) is 0.400. The van der Waals surface area contributed by atoms with Crippen LogP contribution in [0, 0.1) is 0 Å². The van der Waals surface area contributed by atoms with Gasteiger partial charge in [-0.25, -0.2) is 20.1 Å². The fourth-order valence-corrected chi connectivity index (χ4v) is 3.94. The summed E-state index contributed by atoms with van der Waals surface area (Å²) in [7, 11) is -4.11. The van der Waals surface area contributed by atoms with Gasteiger partial charge in [-0.2, -0.15) is 8.42 Å². The van der Waals surface area contributed by atoms with Crippen molar-refractivity contribution < 1.29 is 22.4 Å². The summed E-state index contributed by atoms with van der Waals surface area (Å²) < 4.78 is 33.8. The monoisotopic (exact) mass is 426 g/mol. The Morgan fingerprint density at radius 3 is 3.04 bits per heavy atom. The highest BCUT2D eigenvalue weighted by molar-refractivity contribution is 7.84. The number of nitrogens with zero attached hydrogens (tertiary/aromatic N) is 4. The van der Waals surface area contributed by atoms with Crippen LogP contribution >= 0.6 is 11.3 Å². The van der Waals surface area contributed by atoms with Gasteiger partial charge in [-0.1, -0.05) is 6.07 Å². The molecular weight excluding hydrogens is 408 g/mol. The number of rotatable bonds is 7. The smallest absolute Gasteiger partial charge is 0.333 e. The number of aliphatic hydroxyl groups is 1. The minimum atomic E-state index is -4.11. The number of thiophene rings is 1. The van der Waals surface area contributed by atoms with E-state index in [-0.39, 0.29) is 13.0 Å². The summed E-state index contributed by atoms with van der Waals surface area (Å²) in [5, 5.41) is 20.2. The van der Waals surface area contributed by atoms with E-state index >= 15 is 0 Å². The number of nitrogens with two attached hydrogens (primary N) is 1. The van der Waals surface area contributed by atoms with E-state index in [1.807, 2.05) is 17.5 Å². The van der Waals surface area contributed by atoms with Gasteiger partial charge >= 0.3 is 10.3 Å². The zero-order chi connectivity index (χ0) is 19.7. The molecule has 1 aliphatic rings. The van der Waals surface area contributed by atoms with Crippen molar-refractivity contribution in [3.05, 3.63) is 35.0 Å². The number of aliphatic hydroxyl groups excluding tert-OH is 1. The summed E-state index contributed by atoms with van der Waals surface area (Å²) in [4.78, 5) is 14.0. The predicted molar refractivity (Wildman–Crippen MR) is 101 cm³/mol. The molecule has 0 aromatic carbocycles. The van der Waals surface area contributed by atoms with Gasteiger partial charge in [-0.15, -0.1) is 11.3 Å². The van der Waals surface area contributed by atoms with Gasteiger partial charge in [0.2, 0.25) is 0 Å². The van der Waals surface area contributed by atoms with Crippen molar-refractivity contribution in [1.29, 1.82) is 0 Å². The third-order valence-corrected chi connectivity index (χ3v) is 5.62. The molecule has 11 nitrogen and oxygen atoms in total. The summed E-state index contributed by atoms with van der Waals surface area (Å²) in [6.07, 6.45) is 0.877. The highest BCUT2D eigenvalue weighted by atomic mass is 32.2. The molecule has 4 heterocycles. The van der Waals surface area contributed by atoms with Crippen molar-refractivity contribution in [1.82, 2.24) is 19.5 Å². The van der Waals surface area contributed by atoms with Crippen LogP contribution in [0.15, 0.2) is 30.2 Å². The first-order valence-corrected chi connectivity index (χ1v) is 10.7. The van der Waals surface area contributed by atoms with Gasteiger partial charge in [0.1, 0.15) is 18.7 Å². The molecule has 4 N–H and O–H groups in total. The standard InChI is InChI=1S/C15H18N6O5S2/c16-28(23,24)25-6-11-10(22)4-12(26-11)21-8-20-13-14(18-7-19-15(13)21)17-5-9-2-1-3-27-9/h1-3,7-8,10-12,22H,4-6H2,(H2,16,23,24)(H,17,18,19). The van der Waals surface area contributed by atoms with E-state index < -0.39 is 28.7 Å². The van der Waals surface area contributed by atoms with E-state index in [4.69, 9.17) is 9.88 Å². The van der Waals surface area contributed by atoms with Gasteiger partial charge in [0.15, 0.2) is 17.0 Å². The first-order chi connectivity index (χ1) is 13.4. The lowest BCUT2D eigenvalue weighted by Crippen LogP contribution is -2.30. The van der Waals surface area contributed by atoms with E-state index in [9.17, 15) is 13.5 Å². The summed E-state index contributed by atoms with van der Waals surface area (Å²) in [6.45, 7) is 0.244. The summed E-state index contributed by atoms with van der Waals surface area (Å²) in [6, 6.07) is 4.00. The molecule has 0 radical (unpaired) electrons. The maximum Gasteiger partial charge on any atom is 0.333 e. The van der Waals surface area contributed by atoms with Gasteiger partial charge in [-0.3, -0.25) is 8.75 Å². The molecule has 4 rings (SSSR count). The van der Waals surface area contributed by atoms with E-state index in [2.05, 4.69) is 24.5 Å². The van der Waals surface area contributed by atoms with E-state index in [0.717, 1.165) is 4.88 Å². The van der Waals surface area contributed by atoms with Crippen molar-refractivity contribution >= 4 is 38.6 Å². The van der Waals surface area contributed by atoms with Crippen molar-refractivity contribution in [2.45, 2.75) is 31.4 Å². The maximum absolute atomic E-state index is 10.9. The third-order valence-electron chi connectivity index (χ3n) is 4.28. The van der Waals surface area contributed by atoms with Crippen molar-refractivity contribution in [2.75, 3.05) is 11.9 Å². The lowest BCUT2D eigenvalue weighted by atomic mass is 10.2. The van der Waals surface area contributed by atoms with Gasteiger partial charge < -0.3 is 15.2 Å². The third kappa shape index (κ3) is 4.14. The van der Waals surface area contributed by atoms with E-state index in [1.165, 1.54) is 6.33 Å². The molecule has 3 aromatic heterocycles.